The van der Waals surface area contributed by atoms with E-state index in [4.69, 9.17) is 16.3 Å². The number of carboxylic acids is 1. The lowest BCUT2D eigenvalue weighted by atomic mass is 10.0. The summed E-state index contributed by atoms with van der Waals surface area (Å²) in [4.78, 5) is 54.4. The maximum absolute atomic E-state index is 13.0. The molecule has 14 nitrogen and oxygen atoms in total. The lowest BCUT2D eigenvalue weighted by molar-refractivity contribution is -0.150. The second-order valence-electron chi connectivity index (χ2n) is 7.62. The van der Waals surface area contributed by atoms with Crippen LogP contribution in [0, 0.1) is 0 Å². The Balaban J connectivity index is 1.48. The summed E-state index contributed by atoms with van der Waals surface area (Å²) in [5.74, 6) is -1.43. The largest absolute Gasteiger partial charge is 0.477 e. The van der Waals surface area contributed by atoms with Crippen LogP contribution in [0.2, 0.25) is 0 Å². The summed E-state index contributed by atoms with van der Waals surface area (Å²) in [5, 5.41) is 16.5. The quantitative estimate of drug-likeness (QED) is 0.182. The number of nitrogens with two attached hydrogens (primary N) is 2. The number of β-lactam (4-membered cyclic amide) rings is 1. The highest BCUT2D eigenvalue weighted by Crippen LogP contribution is 2.41. The lowest BCUT2D eigenvalue weighted by Crippen LogP contribution is -2.71. The number of aliphatic imine (C=N–C) groups is 1. The van der Waals surface area contributed by atoms with Crippen LogP contribution in [0.25, 0.3) is 0 Å². The molecule has 6 N–H and O–H groups in total. The molecule has 1 aromatic heterocycles. The fourth-order valence-corrected chi connectivity index (χ4v) is 6.41. The number of carboxylic acid groups (broad SMARTS) is 1. The third kappa shape index (κ3) is 5.12. The van der Waals surface area contributed by atoms with Crippen LogP contribution < -0.4 is 16.8 Å². The molecule has 3 aliphatic rings. The molecule has 3 aliphatic heterocycles. The fraction of sp³-hybridized carbons (Fsp3) is 0.421. The number of nitrogen functional groups attached to an aromatic ring is 1. The number of fused-ring (bicyclic) bond motifs is 1. The molecule has 17 heteroatoms. The van der Waals surface area contributed by atoms with Crippen molar-refractivity contribution in [3.8, 4) is 0 Å². The van der Waals surface area contributed by atoms with E-state index in [1.807, 2.05) is 11.9 Å². The van der Waals surface area contributed by atoms with Crippen LogP contribution in [0.5, 0.6) is 0 Å². The fourth-order valence-electron chi connectivity index (χ4n) is 3.49. The average Bonchev–Trinajstić information content (AvgIpc) is 3.28. The Kier molecular flexibility index (Phi) is 7.70. The van der Waals surface area contributed by atoms with Crippen molar-refractivity contribution in [3.63, 3.8) is 0 Å². The molecule has 36 heavy (non-hydrogen) atoms. The summed E-state index contributed by atoms with van der Waals surface area (Å²) in [6.45, 7) is 2.49. The minimum Gasteiger partial charge on any atom is -0.477 e. The van der Waals surface area contributed by atoms with E-state index >= 15 is 0 Å². The van der Waals surface area contributed by atoms with Crippen LogP contribution in [0.1, 0.15) is 12.7 Å². The number of amides is 2. The van der Waals surface area contributed by atoms with Crippen molar-refractivity contribution in [1.29, 1.82) is 0 Å². The van der Waals surface area contributed by atoms with Gasteiger partial charge in [-0.25, -0.2) is 9.79 Å². The summed E-state index contributed by atoms with van der Waals surface area (Å²) in [5.41, 5.74) is 11.7. The minimum absolute atomic E-state index is 0.0279. The van der Waals surface area contributed by atoms with Gasteiger partial charge in [0.2, 0.25) is 11.5 Å². The SMILES string of the molecule is CCO/N=C(\C(=O)NC1C(=O)N2C(C(=O)O)=C(CSC3=NC(N)=CCN3C)CS[C@@H]12)c1nsc(N)n1. The Morgan fingerprint density at radius 1 is 1.42 bits per heavy atom. The van der Waals surface area contributed by atoms with Gasteiger partial charge in [0, 0.05) is 36.6 Å². The van der Waals surface area contributed by atoms with Crippen molar-refractivity contribution >= 4 is 68.9 Å². The summed E-state index contributed by atoms with van der Waals surface area (Å²) < 4.78 is 3.98. The Labute approximate surface area is 218 Å². The first kappa shape index (κ1) is 25.8. The van der Waals surface area contributed by atoms with Gasteiger partial charge in [0.25, 0.3) is 11.8 Å². The molecule has 4 heterocycles. The van der Waals surface area contributed by atoms with Gasteiger partial charge >= 0.3 is 5.97 Å². The highest BCUT2D eigenvalue weighted by atomic mass is 32.2. The first-order valence-corrected chi connectivity index (χ1v) is 13.4. The number of aliphatic carboxylic acids is 1. The molecular formula is C19H23N9O5S3. The van der Waals surface area contributed by atoms with E-state index in [2.05, 4.69) is 24.8 Å². The molecule has 0 aliphatic carbocycles. The number of carbonyl (C=O) groups is 3. The van der Waals surface area contributed by atoms with E-state index in [0.717, 1.165) is 11.5 Å². The number of hydrogen-bond donors (Lipinski definition) is 4. The topological polar surface area (TPSA) is 202 Å². The number of hydrogen-bond acceptors (Lipinski definition) is 14. The maximum atomic E-state index is 13.0. The van der Waals surface area contributed by atoms with E-state index in [1.165, 1.54) is 28.4 Å². The second-order valence-corrected chi connectivity index (χ2v) is 10.5. The standard InChI is InChI=1S/C19H23N9O5S3/c1-3-33-25-10(13-24-18(21)36-26-13)14(29)23-11-15(30)28-12(17(31)32)8(6-34-16(11)28)7-35-19-22-9(20)4-5-27(19)2/h4,11,16H,3,5-7,20H2,1-2H3,(H,23,29)(H,31,32)(H2,21,24,26)/b25-10-/t11?,16-/m0/s1. The van der Waals surface area contributed by atoms with Crippen molar-refractivity contribution in [2.45, 2.75) is 18.3 Å². The number of amidine groups is 1. The van der Waals surface area contributed by atoms with Crippen molar-refractivity contribution < 1.29 is 24.3 Å². The molecule has 1 fully saturated rings. The highest BCUT2D eigenvalue weighted by Gasteiger charge is 2.54. The third-order valence-corrected chi connectivity index (χ3v) is 8.23. The molecule has 2 atom stereocenters. The van der Waals surface area contributed by atoms with Crippen LogP contribution in [0.15, 0.2) is 33.3 Å². The van der Waals surface area contributed by atoms with Crippen LogP contribution in [-0.4, -0.2) is 96.0 Å². The Hall–Kier alpha value is -3.31. The van der Waals surface area contributed by atoms with E-state index in [9.17, 15) is 19.5 Å². The van der Waals surface area contributed by atoms with Gasteiger partial charge in [-0.3, -0.25) is 14.5 Å². The molecule has 1 unspecified atom stereocenters. The normalized spacial score (nSPS) is 21.9. The molecule has 0 saturated carbocycles. The van der Waals surface area contributed by atoms with Crippen molar-refractivity contribution in [2.24, 2.45) is 15.9 Å². The third-order valence-electron chi connectivity index (χ3n) is 5.19. The van der Waals surface area contributed by atoms with Crippen LogP contribution >= 0.6 is 35.1 Å². The molecule has 192 valence electrons. The minimum atomic E-state index is -1.21. The zero-order valence-electron chi connectivity index (χ0n) is 19.2. The van der Waals surface area contributed by atoms with Gasteiger partial charge in [-0.1, -0.05) is 16.9 Å². The summed E-state index contributed by atoms with van der Waals surface area (Å²) in [7, 11) is 1.86. The smallest absolute Gasteiger partial charge is 0.352 e. The predicted molar refractivity (Wildman–Crippen MR) is 137 cm³/mol. The number of aromatic nitrogens is 2. The molecule has 0 spiro atoms. The van der Waals surface area contributed by atoms with Crippen molar-refractivity contribution in [3.05, 3.63) is 29.0 Å². The number of thioether (sulfide) groups is 2. The number of carbonyl (C=O) groups excluding carboxylic acids is 2. The summed E-state index contributed by atoms with van der Waals surface area (Å²) >= 11 is 3.59. The van der Waals surface area contributed by atoms with Crippen LogP contribution in [0.3, 0.4) is 0 Å². The van der Waals surface area contributed by atoms with E-state index in [-0.39, 0.29) is 29.0 Å². The molecule has 2 amide bonds. The van der Waals surface area contributed by atoms with Gasteiger partial charge in [-0.2, -0.15) is 9.36 Å². The number of likely N-dealkylation sites (N-methyl/N-ethyl adjacent to an activating group) is 1. The van der Waals surface area contributed by atoms with Crippen molar-refractivity contribution in [2.75, 3.05) is 37.4 Å². The Bertz CT molecular complexity index is 1210. The number of oxime groups is 1. The molecule has 1 aromatic rings. The number of nitrogens with zero attached hydrogens (tertiary/aromatic N) is 6. The van der Waals surface area contributed by atoms with Gasteiger partial charge in [0.05, 0.1) is 0 Å². The van der Waals surface area contributed by atoms with Gasteiger partial charge < -0.3 is 31.6 Å². The molecule has 0 bridgehead atoms. The first-order chi connectivity index (χ1) is 17.2. The molecule has 1 saturated heterocycles. The zero-order valence-corrected chi connectivity index (χ0v) is 21.7. The van der Waals surface area contributed by atoms with Gasteiger partial charge in [0.15, 0.2) is 10.3 Å². The summed E-state index contributed by atoms with van der Waals surface area (Å²) in [6, 6.07) is -0.951. The van der Waals surface area contributed by atoms with E-state index in [0.29, 0.717) is 34.6 Å². The maximum Gasteiger partial charge on any atom is 0.352 e. The zero-order chi connectivity index (χ0) is 26.0. The van der Waals surface area contributed by atoms with Crippen LogP contribution in [-0.2, 0) is 19.2 Å². The van der Waals surface area contributed by atoms with E-state index in [1.54, 1.807) is 13.0 Å². The molecule has 4 rings (SSSR count). The Morgan fingerprint density at radius 2 is 2.19 bits per heavy atom. The van der Waals surface area contributed by atoms with Crippen LogP contribution in [0.4, 0.5) is 5.13 Å². The predicted octanol–water partition coefficient (Wildman–Crippen LogP) is -0.566. The molecular weight excluding hydrogens is 530 g/mol. The van der Waals surface area contributed by atoms with Gasteiger partial charge in [-0.05, 0) is 18.6 Å². The molecule has 0 aromatic carbocycles. The Morgan fingerprint density at radius 3 is 2.86 bits per heavy atom. The molecule has 0 radical (unpaired) electrons. The van der Waals surface area contributed by atoms with Gasteiger partial charge in [0.1, 0.15) is 29.5 Å². The average molecular weight is 554 g/mol. The number of anilines is 1. The van der Waals surface area contributed by atoms with Gasteiger partial charge in [-0.15, -0.1) is 11.8 Å². The van der Waals surface area contributed by atoms with E-state index < -0.39 is 29.2 Å². The number of rotatable bonds is 8. The lowest BCUT2D eigenvalue weighted by Gasteiger charge is -2.49. The highest BCUT2D eigenvalue weighted by molar-refractivity contribution is 8.14. The second kappa shape index (κ2) is 10.8. The monoisotopic (exact) mass is 553 g/mol. The summed E-state index contributed by atoms with van der Waals surface area (Å²) in [6.07, 6.45) is 1.78. The number of nitrogens with one attached hydrogen (secondary N) is 1. The van der Waals surface area contributed by atoms with Crippen molar-refractivity contribution in [1.82, 2.24) is 24.5 Å². The first-order valence-electron chi connectivity index (χ1n) is 10.6.